The highest BCUT2D eigenvalue weighted by molar-refractivity contribution is 6.09. The van der Waals surface area contributed by atoms with Crippen LogP contribution < -0.4 is 10.2 Å². The average Bonchev–Trinajstić information content (AvgIpc) is 2.98. The summed E-state index contributed by atoms with van der Waals surface area (Å²) < 4.78 is 0. The second-order valence-electron chi connectivity index (χ2n) is 8.14. The fourth-order valence-electron chi connectivity index (χ4n) is 5.09. The van der Waals surface area contributed by atoms with Gasteiger partial charge in [0.05, 0.1) is 34.9 Å². The number of fused-ring (bicyclic) bond motifs is 2. The largest absolute Gasteiger partial charge is 0.389 e. The Bertz CT molecular complexity index is 935. The summed E-state index contributed by atoms with van der Waals surface area (Å²) in [4.78, 5) is 15.8. The monoisotopic (exact) mass is 425 g/mol. The number of hydrogen-bond acceptors (Lipinski definition) is 4. The minimum absolute atomic E-state index is 0. The molecule has 158 valence electrons. The van der Waals surface area contributed by atoms with E-state index in [4.69, 9.17) is 0 Å². The van der Waals surface area contributed by atoms with E-state index in [1.165, 1.54) is 0 Å². The van der Waals surface area contributed by atoms with Crippen molar-refractivity contribution in [2.45, 2.75) is 49.7 Å². The molecule has 1 fully saturated rings. The number of rotatable bonds is 5. The van der Waals surface area contributed by atoms with Gasteiger partial charge in [0.25, 0.3) is 0 Å². The van der Waals surface area contributed by atoms with Gasteiger partial charge in [-0.25, -0.2) is 0 Å². The van der Waals surface area contributed by atoms with E-state index < -0.39 is 17.6 Å². The zero-order valence-corrected chi connectivity index (χ0v) is 18.0. The van der Waals surface area contributed by atoms with Gasteiger partial charge in [-0.2, -0.15) is 5.26 Å². The molecule has 0 aromatic heterocycles. The van der Waals surface area contributed by atoms with Crippen LogP contribution in [-0.4, -0.2) is 30.7 Å². The van der Waals surface area contributed by atoms with Gasteiger partial charge >= 0.3 is 0 Å². The molecule has 2 aromatic carbocycles. The summed E-state index contributed by atoms with van der Waals surface area (Å²) in [5, 5.41) is 23.6. The van der Waals surface area contributed by atoms with Crippen LogP contribution in [0.2, 0.25) is 0 Å². The first-order chi connectivity index (χ1) is 14.1. The molecule has 30 heavy (non-hydrogen) atoms. The number of anilines is 1. The molecule has 4 rings (SSSR count). The molecule has 1 spiro atoms. The van der Waals surface area contributed by atoms with E-state index in [0.717, 1.165) is 48.9 Å². The highest BCUT2D eigenvalue weighted by Crippen LogP contribution is 2.53. The van der Waals surface area contributed by atoms with Crippen LogP contribution in [-0.2, 0) is 10.2 Å². The Balaban J connectivity index is 0.00000256. The SMILES string of the molecule is CNC[C@H](O)[C@H](c1ccccc1)N1C(=O)C2(CCCCC2)c2ccc(C#N)cc21.Cl. The van der Waals surface area contributed by atoms with E-state index in [1.54, 1.807) is 11.9 Å². The zero-order chi connectivity index (χ0) is 20.4. The highest BCUT2D eigenvalue weighted by Gasteiger charge is 2.53. The summed E-state index contributed by atoms with van der Waals surface area (Å²) in [6.07, 6.45) is 4.06. The first kappa shape index (κ1) is 22.3. The van der Waals surface area contributed by atoms with Crippen LogP contribution in [0.5, 0.6) is 0 Å². The third kappa shape index (κ3) is 3.60. The molecule has 1 aliphatic carbocycles. The molecule has 1 amide bonds. The standard InChI is InChI=1S/C24H27N3O2.ClH/c1-26-16-21(28)22(18-8-4-2-5-9-18)27-20-14-17(15-25)10-11-19(20)24(23(27)29)12-6-3-7-13-24;/h2,4-5,8-11,14,21-22,26,28H,3,6-7,12-13,16H2,1H3;1H/t21-,22-;/m0./s1. The van der Waals surface area contributed by atoms with Crippen LogP contribution in [0, 0.1) is 11.3 Å². The van der Waals surface area contributed by atoms with E-state index in [0.29, 0.717) is 12.1 Å². The van der Waals surface area contributed by atoms with E-state index in [-0.39, 0.29) is 18.3 Å². The topological polar surface area (TPSA) is 76.4 Å². The number of nitrogens with one attached hydrogen (secondary N) is 1. The average molecular weight is 426 g/mol. The van der Waals surface area contributed by atoms with Gasteiger partial charge in [0.15, 0.2) is 0 Å². The Hall–Kier alpha value is -2.39. The quantitative estimate of drug-likeness (QED) is 0.762. The van der Waals surface area contributed by atoms with Crippen molar-refractivity contribution in [3.8, 4) is 6.07 Å². The second kappa shape index (κ2) is 9.18. The number of likely N-dealkylation sites (N-methyl/N-ethyl adjacent to an activating group) is 1. The van der Waals surface area contributed by atoms with Crippen LogP contribution in [0.25, 0.3) is 0 Å². The number of halogens is 1. The van der Waals surface area contributed by atoms with Crippen molar-refractivity contribution >= 4 is 24.0 Å². The summed E-state index contributed by atoms with van der Waals surface area (Å²) in [5.41, 5.74) is 2.68. The fourth-order valence-corrected chi connectivity index (χ4v) is 5.09. The third-order valence-corrected chi connectivity index (χ3v) is 6.43. The Morgan fingerprint density at radius 2 is 1.87 bits per heavy atom. The number of aliphatic hydroxyl groups excluding tert-OH is 1. The van der Waals surface area contributed by atoms with E-state index in [1.807, 2.05) is 48.5 Å². The van der Waals surface area contributed by atoms with Crippen LogP contribution in [0.15, 0.2) is 48.5 Å². The van der Waals surface area contributed by atoms with Crippen LogP contribution >= 0.6 is 12.4 Å². The number of amides is 1. The van der Waals surface area contributed by atoms with Gasteiger partial charge in [0.2, 0.25) is 5.91 Å². The summed E-state index contributed by atoms with van der Waals surface area (Å²) in [5.74, 6) is 0.0614. The fraction of sp³-hybridized carbons (Fsp3) is 0.417. The number of carbonyl (C=O) groups excluding carboxylic acids is 1. The lowest BCUT2D eigenvalue weighted by Gasteiger charge is -2.36. The number of aliphatic hydroxyl groups is 1. The molecule has 0 radical (unpaired) electrons. The maximum absolute atomic E-state index is 14.0. The van der Waals surface area contributed by atoms with E-state index >= 15 is 0 Å². The molecule has 5 nitrogen and oxygen atoms in total. The number of benzene rings is 2. The second-order valence-corrected chi connectivity index (χ2v) is 8.14. The van der Waals surface area contributed by atoms with Crippen molar-refractivity contribution in [3.63, 3.8) is 0 Å². The predicted molar refractivity (Wildman–Crippen MR) is 120 cm³/mol. The lowest BCUT2D eigenvalue weighted by molar-refractivity contribution is -0.125. The Kier molecular flexibility index (Phi) is 6.82. The summed E-state index contributed by atoms with van der Waals surface area (Å²) in [7, 11) is 1.79. The highest BCUT2D eigenvalue weighted by atomic mass is 35.5. The van der Waals surface area contributed by atoms with Gasteiger partial charge in [-0.1, -0.05) is 55.7 Å². The molecule has 2 N–H and O–H groups in total. The molecule has 1 aliphatic heterocycles. The van der Waals surface area contributed by atoms with Gasteiger partial charge in [-0.05, 0) is 43.1 Å². The van der Waals surface area contributed by atoms with Crippen molar-refractivity contribution < 1.29 is 9.90 Å². The Labute approximate surface area is 184 Å². The molecule has 0 unspecified atom stereocenters. The van der Waals surface area contributed by atoms with Crippen molar-refractivity contribution in [2.75, 3.05) is 18.5 Å². The third-order valence-electron chi connectivity index (χ3n) is 6.43. The van der Waals surface area contributed by atoms with Gasteiger partial charge in [0.1, 0.15) is 0 Å². The predicted octanol–water partition coefficient (Wildman–Crippen LogP) is 3.85. The maximum Gasteiger partial charge on any atom is 0.238 e. The van der Waals surface area contributed by atoms with Crippen molar-refractivity contribution in [3.05, 3.63) is 65.2 Å². The number of carbonyl (C=O) groups is 1. The number of hydrogen-bond donors (Lipinski definition) is 2. The van der Waals surface area contributed by atoms with Crippen molar-refractivity contribution in [1.82, 2.24) is 5.32 Å². The van der Waals surface area contributed by atoms with Gasteiger partial charge < -0.3 is 15.3 Å². The van der Waals surface area contributed by atoms with Crippen LogP contribution in [0.4, 0.5) is 5.69 Å². The smallest absolute Gasteiger partial charge is 0.238 e. The molecule has 1 saturated carbocycles. The number of nitriles is 1. The minimum atomic E-state index is -0.774. The molecular weight excluding hydrogens is 398 g/mol. The molecule has 6 heteroatoms. The zero-order valence-electron chi connectivity index (χ0n) is 17.2. The molecule has 0 saturated heterocycles. The van der Waals surface area contributed by atoms with Crippen LogP contribution in [0.1, 0.15) is 54.8 Å². The van der Waals surface area contributed by atoms with E-state index in [2.05, 4.69) is 11.4 Å². The van der Waals surface area contributed by atoms with E-state index in [9.17, 15) is 15.2 Å². The Morgan fingerprint density at radius 3 is 2.50 bits per heavy atom. The summed E-state index contributed by atoms with van der Waals surface area (Å²) in [6, 6.07) is 17.0. The first-order valence-electron chi connectivity index (χ1n) is 10.4. The maximum atomic E-state index is 14.0. The molecular formula is C24H28ClN3O2. The molecule has 1 heterocycles. The molecule has 2 atom stereocenters. The lowest BCUT2D eigenvalue weighted by atomic mass is 9.70. The van der Waals surface area contributed by atoms with Crippen molar-refractivity contribution in [2.24, 2.45) is 0 Å². The molecule has 2 aromatic rings. The lowest BCUT2D eigenvalue weighted by Crippen LogP contribution is -2.47. The van der Waals surface area contributed by atoms with Gasteiger partial charge in [0, 0.05) is 6.54 Å². The normalized spacial score (nSPS) is 19.0. The first-order valence-corrected chi connectivity index (χ1v) is 10.4. The van der Waals surface area contributed by atoms with Gasteiger partial charge in [-0.15, -0.1) is 12.4 Å². The molecule has 0 bridgehead atoms. The number of nitrogens with zero attached hydrogens (tertiary/aromatic N) is 2. The molecule has 2 aliphatic rings. The van der Waals surface area contributed by atoms with Crippen molar-refractivity contribution in [1.29, 1.82) is 5.26 Å². The summed E-state index contributed by atoms with van der Waals surface area (Å²) >= 11 is 0. The van der Waals surface area contributed by atoms with Gasteiger partial charge in [-0.3, -0.25) is 4.79 Å². The minimum Gasteiger partial charge on any atom is -0.389 e. The summed E-state index contributed by atoms with van der Waals surface area (Å²) in [6.45, 7) is 0.365. The van der Waals surface area contributed by atoms with Crippen LogP contribution in [0.3, 0.4) is 0 Å². The Morgan fingerprint density at radius 1 is 1.17 bits per heavy atom.